The zero-order valence-electron chi connectivity index (χ0n) is 62.7. The van der Waals surface area contributed by atoms with Crippen LogP contribution in [0.15, 0.2) is 77.3 Å². The third kappa shape index (κ3) is 18.0. The van der Waals surface area contributed by atoms with Crippen molar-refractivity contribution in [2.45, 2.75) is 149 Å². The van der Waals surface area contributed by atoms with E-state index in [2.05, 4.69) is 79.7 Å². The molecule has 23 atom stereocenters. The number of hydrogen-bond acceptors (Lipinski definition) is 46. The predicted octanol–water partition coefficient (Wildman–Crippen LogP) is -1.89. The molecule has 660 valence electrons. The Morgan fingerprint density at radius 2 is 0.659 bits per heavy atom. The van der Waals surface area contributed by atoms with E-state index in [0.29, 0.717) is 0 Å². The van der Waals surface area contributed by atoms with Gasteiger partial charge in [-0.05, 0) is 6.07 Å². The highest BCUT2D eigenvalue weighted by molar-refractivity contribution is 7.48. The number of nitrogens with zero attached hydrogens (tertiary/aromatic N) is 20. The number of aliphatic hydroxyl groups is 2. The molecule has 59 nitrogen and oxygen atoms in total. The predicted molar refractivity (Wildman–Crippen MR) is 405 cm³/mol. The molecule has 11 aromatic rings. The van der Waals surface area contributed by atoms with Crippen molar-refractivity contribution in [3.8, 4) is 0 Å². The van der Waals surface area contributed by atoms with E-state index < -0.39 is 225 Å². The van der Waals surface area contributed by atoms with Crippen LogP contribution in [0.2, 0.25) is 0 Å². The number of ether oxygens (including phenoxy) is 6. The first-order chi connectivity index (χ1) is 58.6. The van der Waals surface area contributed by atoms with E-state index >= 15 is 0 Å². The van der Waals surface area contributed by atoms with E-state index in [0.717, 1.165) is 23.5 Å². The molecule has 0 aromatic carbocycles. The maximum absolute atomic E-state index is 14.6. The number of fused-ring (bicyclic) bond motifs is 5. The molecule has 6 aliphatic heterocycles. The molecule has 0 radical (unpaired) electrons. The number of nitrogen functional groups attached to an aromatic ring is 6. The number of phosphoric ester groups is 5. The second kappa shape index (κ2) is 33.6. The fraction of sp³-hybridized carbons (Fsp3) is 0.508. The molecular weight excluding hydrogens is 1750 g/mol. The highest BCUT2D eigenvalue weighted by Gasteiger charge is 2.52. The SMILES string of the molecule is Nc1ccn([C@H]2C[C@H](OP(=O)(O)OC[C@H]3O[C@@H](n4cnc5c(=O)[nH]c(N)nc54)C[C@@H]3OP(=O)(O)OC[C@H]3O[C@@H](n4cnc5c(N)ncnc54)C[C@@H]3OP(=O)(O)OC[C@H]3O[C@@H](n4cnc5c(N)ncnc54)C[C@@H]3OP(=O)(O)OC[C@H]3O[C@@H](n4cnc5c(N)ncnc54)C[C@@H]3O)[C@@H](COP(=O)(O)O[C@H]3C[C@H](n4cnc5c(=O)[nH]c(N)nc54)O[C@@H]3CO)O2)c(=O)n1. The summed E-state index contributed by atoms with van der Waals surface area (Å²) in [6.07, 6.45) is -17.2. The highest BCUT2D eigenvalue weighted by Crippen LogP contribution is 2.57. The number of hydrogen-bond donors (Lipinski definition) is 15. The van der Waals surface area contributed by atoms with Gasteiger partial charge in [0.05, 0.1) is 77.4 Å². The minimum absolute atomic E-state index is 0.0221. The number of H-pyrrole nitrogens is 2. The van der Waals surface area contributed by atoms with Crippen LogP contribution in [-0.2, 0) is 96.5 Å². The summed E-state index contributed by atoms with van der Waals surface area (Å²) in [5.41, 5.74) is 33.5. The van der Waals surface area contributed by atoms with Crippen LogP contribution in [-0.4, -0.2) is 255 Å². The number of anilines is 6. The van der Waals surface area contributed by atoms with Gasteiger partial charge in [0, 0.05) is 44.7 Å². The van der Waals surface area contributed by atoms with Crippen LogP contribution >= 0.6 is 39.1 Å². The van der Waals surface area contributed by atoms with Gasteiger partial charge >= 0.3 is 44.8 Å². The van der Waals surface area contributed by atoms with Gasteiger partial charge in [-0.25, -0.2) is 82.4 Å². The van der Waals surface area contributed by atoms with Gasteiger partial charge in [-0.15, -0.1) is 0 Å². The van der Waals surface area contributed by atoms with Crippen molar-refractivity contribution < 1.29 is 131 Å². The summed E-state index contributed by atoms with van der Waals surface area (Å²) in [7, 11) is -27.2. The van der Waals surface area contributed by atoms with E-state index in [4.69, 9.17) is 108 Å². The van der Waals surface area contributed by atoms with Crippen LogP contribution in [0, 0.1) is 0 Å². The quantitative estimate of drug-likeness (QED) is 0.0205. The largest absolute Gasteiger partial charge is 0.472 e. The zero-order valence-corrected chi connectivity index (χ0v) is 67.2. The minimum Gasteiger partial charge on any atom is -0.394 e. The van der Waals surface area contributed by atoms with Gasteiger partial charge in [-0.3, -0.25) is 92.2 Å². The number of rotatable bonds is 32. The second-order valence-electron chi connectivity index (χ2n) is 28.3. The molecular formula is C59H73N28O31P5. The van der Waals surface area contributed by atoms with Gasteiger partial charge < -0.3 is 97.5 Å². The van der Waals surface area contributed by atoms with Crippen LogP contribution in [0.4, 0.5) is 35.2 Å². The van der Waals surface area contributed by atoms with Crippen LogP contribution < -0.4 is 51.2 Å². The number of aromatic nitrogens is 22. The van der Waals surface area contributed by atoms with Gasteiger partial charge in [0.2, 0.25) is 11.9 Å². The standard InChI is InChI=1S/C59H73N28O31P5/c60-35-1-2-82(59(92)77-35)37-5-25(31(110-37)11-104-120(95,96)114-24-4-40(108-29(24)9-88)86-21-75-45-53(86)78-57(64)80-55(45)90)115-121(97,98)107-14-34-28(8-41(113-34)87-22-76-46-54(87)79-58(65)81-56(46)91)118-123(101,102)106-13-33-27(7-39(112-33)85-20-74-44-49(63)68-17-71-52(44)85)117-122(99,100)105-12-32-26(6-38(111-32)84-19-73-43-48(62)67-16-70-51(43)84)116-119(93,94)103-10-30-23(89)3-36(109-30)83-18-72-42-47(61)66-15-69-50(42)83/h1-2,15-34,36-41,88-89H,3-14H2,(H,93,94)(H,95,96)(H,97,98)(H,99,100)(H,101,102)(H2,60,77,92)(H2,61,66,69)(H2,62,67,70)(H2,63,68,71)(H3,64,78,80,90)(H3,65,79,81,91)/t23-,24-,25-,26-,27-,28-,29+,30+,31+,32+,33+,34+,36+,37+,38+,39+,40+,41+/m0/s1. The molecule has 0 bridgehead atoms. The van der Waals surface area contributed by atoms with Crippen molar-refractivity contribution in [1.82, 2.24) is 107 Å². The summed E-state index contributed by atoms with van der Waals surface area (Å²) in [6, 6.07) is 1.22. The third-order valence-corrected chi connectivity index (χ3v) is 25.5. The van der Waals surface area contributed by atoms with Crippen LogP contribution in [0.25, 0.3) is 55.8 Å². The van der Waals surface area contributed by atoms with Crippen molar-refractivity contribution in [1.29, 1.82) is 0 Å². The van der Waals surface area contributed by atoms with Gasteiger partial charge in [0.25, 0.3) is 11.1 Å². The van der Waals surface area contributed by atoms with Crippen molar-refractivity contribution in [2.75, 3.05) is 74.0 Å². The Morgan fingerprint density at radius 3 is 0.992 bits per heavy atom. The minimum atomic E-state index is -5.61. The fourth-order valence-electron chi connectivity index (χ4n) is 14.8. The molecule has 21 N–H and O–H groups in total. The normalized spacial score (nSPS) is 29.4. The molecule has 64 heteroatoms. The van der Waals surface area contributed by atoms with Gasteiger partial charge in [0.1, 0.15) is 146 Å². The van der Waals surface area contributed by atoms with E-state index in [1.165, 1.54) is 66.7 Å². The smallest absolute Gasteiger partial charge is 0.394 e. The lowest BCUT2D eigenvalue weighted by Crippen LogP contribution is -2.32. The first kappa shape index (κ1) is 85.4. The highest BCUT2D eigenvalue weighted by atomic mass is 31.2. The van der Waals surface area contributed by atoms with Crippen molar-refractivity contribution >= 4 is 130 Å². The molecule has 11 aromatic heterocycles. The second-order valence-corrected chi connectivity index (χ2v) is 35.4. The summed E-state index contributed by atoms with van der Waals surface area (Å²) in [5, 5.41) is 21.3. The lowest BCUT2D eigenvalue weighted by atomic mass is 10.2. The van der Waals surface area contributed by atoms with E-state index in [1.807, 2.05) is 0 Å². The Hall–Kier alpha value is -9.74. The van der Waals surface area contributed by atoms with Gasteiger partial charge in [0.15, 0.2) is 56.7 Å². The summed E-state index contributed by atoms with van der Waals surface area (Å²) in [5.74, 6) is -0.857. The maximum atomic E-state index is 14.6. The molecule has 6 aliphatic rings. The average Bonchev–Trinajstić information content (AvgIpc) is 1.65. The molecule has 0 aliphatic carbocycles. The number of nitrogens with two attached hydrogens (primary N) is 6. The summed E-state index contributed by atoms with van der Waals surface area (Å²) in [6.45, 7) is -5.62. The Labute approximate surface area is 683 Å². The fourth-order valence-corrected chi connectivity index (χ4v) is 19.6. The topological polar surface area (TPSA) is 824 Å². The summed E-state index contributed by atoms with van der Waals surface area (Å²) < 4.78 is 171. The number of imidazole rings is 5. The molecule has 5 unspecified atom stereocenters. The molecule has 17 heterocycles. The molecule has 17 rings (SSSR count). The Bertz CT molecular complexity index is 6280. The monoisotopic (exact) mass is 1820 g/mol. The number of aromatic amines is 2. The van der Waals surface area contributed by atoms with Crippen molar-refractivity contribution in [3.63, 3.8) is 0 Å². The molecule has 0 amide bonds. The first-order valence-corrected chi connectivity index (χ1v) is 44.1. The molecule has 0 saturated carbocycles. The molecule has 6 fully saturated rings. The maximum Gasteiger partial charge on any atom is 0.472 e. The van der Waals surface area contributed by atoms with Gasteiger partial charge in [-0.2, -0.15) is 15.0 Å². The molecule has 6 saturated heterocycles. The van der Waals surface area contributed by atoms with Crippen LogP contribution in [0.3, 0.4) is 0 Å². The number of nitrogens with one attached hydrogen (secondary N) is 2. The molecule has 0 spiro atoms. The lowest BCUT2D eigenvalue weighted by Gasteiger charge is -2.26. The van der Waals surface area contributed by atoms with Crippen LogP contribution in [0.5, 0.6) is 0 Å². The zero-order chi connectivity index (χ0) is 86.5. The van der Waals surface area contributed by atoms with Gasteiger partial charge in [-0.1, -0.05) is 0 Å². The Morgan fingerprint density at radius 1 is 0.374 bits per heavy atom. The lowest BCUT2D eigenvalue weighted by molar-refractivity contribution is -0.0642. The van der Waals surface area contributed by atoms with E-state index in [1.54, 1.807) is 0 Å². The number of phosphoric acid groups is 5. The number of aliphatic hydroxyl groups excluding tert-OH is 2. The van der Waals surface area contributed by atoms with Crippen LogP contribution in [0.1, 0.15) is 75.9 Å². The summed E-state index contributed by atoms with van der Waals surface area (Å²) in [4.78, 5) is 158. The third-order valence-electron chi connectivity index (χ3n) is 20.4. The first-order valence-electron chi connectivity index (χ1n) is 36.7. The summed E-state index contributed by atoms with van der Waals surface area (Å²) >= 11 is 0. The van der Waals surface area contributed by atoms with Crippen molar-refractivity contribution in [2.24, 2.45) is 0 Å². The average molecular weight is 1830 g/mol. The van der Waals surface area contributed by atoms with E-state index in [-0.39, 0.29) is 110 Å². The molecule has 123 heavy (non-hydrogen) atoms. The Balaban J connectivity index is 0.583. The van der Waals surface area contributed by atoms with E-state index in [9.17, 15) is 71.9 Å². The Kier molecular flexibility index (Phi) is 23.4. The van der Waals surface area contributed by atoms with Crippen molar-refractivity contribution in [3.05, 3.63) is 94.1 Å².